The van der Waals surface area contributed by atoms with Gasteiger partial charge in [0.05, 0.1) is 6.04 Å². The van der Waals surface area contributed by atoms with Crippen LogP contribution >= 0.6 is 24.0 Å². The maximum absolute atomic E-state index is 12.6. The van der Waals surface area contributed by atoms with Crippen molar-refractivity contribution in [2.75, 3.05) is 32.7 Å². The fourth-order valence-electron chi connectivity index (χ4n) is 3.40. The Morgan fingerprint density at radius 3 is 2.32 bits per heavy atom. The van der Waals surface area contributed by atoms with Crippen LogP contribution in [-0.4, -0.2) is 60.4 Å². The highest BCUT2D eigenvalue weighted by atomic mass is 35.5. The second kappa shape index (κ2) is 9.41. The SMILES string of the molecule is Cl.O=C(c1ccc(Cl)cc1)N1CCCN(C(=O)C2CCCCN2)CC1. The summed E-state index contributed by atoms with van der Waals surface area (Å²) in [6.45, 7) is 3.52. The lowest BCUT2D eigenvalue weighted by Gasteiger charge is -2.29. The fraction of sp³-hybridized carbons (Fsp3) is 0.556. The van der Waals surface area contributed by atoms with Gasteiger partial charge in [-0.15, -0.1) is 12.4 Å². The number of hydrogen-bond acceptors (Lipinski definition) is 3. The van der Waals surface area contributed by atoms with Gasteiger partial charge in [-0.2, -0.15) is 0 Å². The third-order valence-electron chi connectivity index (χ3n) is 4.79. The molecule has 0 aromatic heterocycles. The highest BCUT2D eigenvalue weighted by Crippen LogP contribution is 2.15. The summed E-state index contributed by atoms with van der Waals surface area (Å²) in [5, 5.41) is 3.94. The van der Waals surface area contributed by atoms with E-state index in [0.29, 0.717) is 30.2 Å². The number of amides is 2. The molecule has 5 nitrogen and oxygen atoms in total. The zero-order valence-electron chi connectivity index (χ0n) is 14.2. The summed E-state index contributed by atoms with van der Waals surface area (Å²) in [5.41, 5.74) is 0.646. The third kappa shape index (κ3) is 5.09. The van der Waals surface area contributed by atoms with Crippen LogP contribution in [0.4, 0.5) is 0 Å². The zero-order valence-corrected chi connectivity index (χ0v) is 15.8. The maximum Gasteiger partial charge on any atom is 0.253 e. The third-order valence-corrected chi connectivity index (χ3v) is 5.05. The van der Waals surface area contributed by atoms with Gasteiger partial charge in [0.1, 0.15) is 0 Å². The van der Waals surface area contributed by atoms with E-state index in [1.807, 2.05) is 9.80 Å². The average molecular weight is 386 g/mol. The summed E-state index contributed by atoms with van der Waals surface area (Å²) < 4.78 is 0. The molecule has 2 aliphatic heterocycles. The molecule has 1 atom stereocenters. The molecule has 25 heavy (non-hydrogen) atoms. The number of carbonyl (C=O) groups is 2. The molecule has 2 fully saturated rings. The van der Waals surface area contributed by atoms with E-state index < -0.39 is 0 Å². The van der Waals surface area contributed by atoms with Crippen molar-refractivity contribution in [3.63, 3.8) is 0 Å². The normalized spacial score (nSPS) is 21.2. The Hall–Kier alpha value is -1.30. The van der Waals surface area contributed by atoms with Crippen LogP contribution in [0, 0.1) is 0 Å². The molecule has 138 valence electrons. The number of rotatable bonds is 2. The Morgan fingerprint density at radius 2 is 1.64 bits per heavy atom. The van der Waals surface area contributed by atoms with E-state index in [-0.39, 0.29) is 30.3 Å². The van der Waals surface area contributed by atoms with Crippen molar-refractivity contribution < 1.29 is 9.59 Å². The van der Waals surface area contributed by atoms with Gasteiger partial charge >= 0.3 is 0 Å². The Morgan fingerprint density at radius 1 is 0.960 bits per heavy atom. The molecule has 2 saturated heterocycles. The first kappa shape index (κ1) is 20.0. The minimum Gasteiger partial charge on any atom is -0.340 e. The molecule has 1 aromatic carbocycles. The van der Waals surface area contributed by atoms with Crippen LogP contribution in [0.5, 0.6) is 0 Å². The van der Waals surface area contributed by atoms with Crippen LogP contribution in [0.3, 0.4) is 0 Å². The number of benzene rings is 1. The van der Waals surface area contributed by atoms with Crippen molar-refractivity contribution in [2.45, 2.75) is 31.7 Å². The second-order valence-corrected chi connectivity index (χ2v) is 6.92. The number of halogens is 2. The van der Waals surface area contributed by atoms with Gasteiger partial charge in [-0.1, -0.05) is 18.0 Å². The molecule has 0 aliphatic carbocycles. The summed E-state index contributed by atoms with van der Waals surface area (Å²) >= 11 is 5.88. The van der Waals surface area contributed by atoms with Gasteiger partial charge < -0.3 is 15.1 Å². The van der Waals surface area contributed by atoms with Crippen LogP contribution in [0.1, 0.15) is 36.0 Å². The molecule has 1 unspecified atom stereocenters. The lowest BCUT2D eigenvalue weighted by atomic mass is 10.0. The molecule has 0 radical (unpaired) electrons. The first-order chi connectivity index (χ1) is 11.6. The van der Waals surface area contributed by atoms with Gasteiger partial charge in [0.15, 0.2) is 0 Å². The van der Waals surface area contributed by atoms with Gasteiger partial charge in [0.25, 0.3) is 5.91 Å². The van der Waals surface area contributed by atoms with E-state index in [0.717, 1.165) is 38.8 Å². The monoisotopic (exact) mass is 385 g/mol. The van der Waals surface area contributed by atoms with Crippen LogP contribution in [0.15, 0.2) is 24.3 Å². The first-order valence-electron chi connectivity index (χ1n) is 8.72. The smallest absolute Gasteiger partial charge is 0.253 e. The highest BCUT2D eigenvalue weighted by Gasteiger charge is 2.28. The van der Waals surface area contributed by atoms with E-state index in [9.17, 15) is 9.59 Å². The molecule has 3 rings (SSSR count). The minimum atomic E-state index is -0.0442. The van der Waals surface area contributed by atoms with Crippen molar-refractivity contribution in [1.82, 2.24) is 15.1 Å². The summed E-state index contributed by atoms with van der Waals surface area (Å²) in [6, 6.07) is 6.93. The van der Waals surface area contributed by atoms with Crippen LogP contribution in [0.25, 0.3) is 0 Å². The fourth-order valence-corrected chi connectivity index (χ4v) is 3.52. The van der Waals surface area contributed by atoms with E-state index in [1.165, 1.54) is 0 Å². The predicted octanol–water partition coefficient (Wildman–Crippen LogP) is 2.58. The Kier molecular flexibility index (Phi) is 7.54. The molecule has 1 aromatic rings. The molecule has 2 heterocycles. The molecule has 0 bridgehead atoms. The summed E-state index contributed by atoms with van der Waals surface area (Å²) in [6.07, 6.45) is 3.99. The molecule has 2 amide bonds. The highest BCUT2D eigenvalue weighted by molar-refractivity contribution is 6.30. The zero-order chi connectivity index (χ0) is 16.9. The van der Waals surface area contributed by atoms with Gasteiger partial charge in [0.2, 0.25) is 5.91 Å². The van der Waals surface area contributed by atoms with Crippen LogP contribution in [0.2, 0.25) is 5.02 Å². The minimum absolute atomic E-state index is 0. The lowest BCUT2D eigenvalue weighted by molar-refractivity contribution is -0.133. The average Bonchev–Trinajstić information content (AvgIpc) is 2.88. The molecule has 7 heteroatoms. The van der Waals surface area contributed by atoms with Crippen molar-refractivity contribution in [3.05, 3.63) is 34.9 Å². The number of hydrogen-bond donors (Lipinski definition) is 1. The molecule has 2 aliphatic rings. The standard InChI is InChI=1S/C18H24ClN3O2.ClH/c19-15-7-5-14(6-8-15)17(23)21-10-3-11-22(13-12-21)18(24)16-4-1-2-9-20-16;/h5-8,16,20H,1-4,9-13H2;1H. The number of nitrogens with one attached hydrogen (secondary N) is 1. The maximum atomic E-state index is 12.6. The van der Waals surface area contributed by atoms with Crippen LogP contribution < -0.4 is 5.32 Å². The van der Waals surface area contributed by atoms with Gasteiger partial charge in [-0.3, -0.25) is 9.59 Å². The van der Waals surface area contributed by atoms with Gasteiger partial charge in [-0.05, 0) is 50.1 Å². The topological polar surface area (TPSA) is 52.7 Å². The van der Waals surface area contributed by atoms with Crippen molar-refractivity contribution in [1.29, 1.82) is 0 Å². The predicted molar refractivity (Wildman–Crippen MR) is 101 cm³/mol. The van der Waals surface area contributed by atoms with E-state index >= 15 is 0 Å². The van der Waals surface area contributed by atoms with E-state index in [4.69, 9.17) is 11.6 Å². The number of carbonyl (C=O) groups excluding carboxylic acids is 2. The first-order valence-corrected chi connectivity index (χ1v) is 9.10. The van der Waals surface area contributed by atoms with Crippen molar-refractivity contribution in [2.24, 2.45) is 0 Å². The largest absolute Gasteiger partial charge is 0.340 e. The quantitative estimate of drug-likeness (QED) is 0.850. The molecular formula is C18H25Cl2N3O2. The summed E-state index contributed by atoms with van der Waals surface area (Å²) in [5.74, 6) is 0.201. The molecular weight excluding hydrogens is 361 g/mol. The van der Waals surface area contributed by atoms with E-state index in [2.05, 4.69) is 5.32 Å². The van der Waals surface area contributed by atoms with Gasteiger partial charge in [0, 0.05) is 36.8 Å². The van der Waals surface area contributed by atoms with Gasteiger partial charge in [-0.25, -0.2) is 0 Å². The Balaban J connectivity index is 0.00000225. The molecule has 0 spiro atoms. The number of nitrogens with zero attached hydrogens (tertiary/aromatic N) is 2. The second-order valence-electron chi connectivity index (χ2n) is 6.48. The Bertz CT molecular complexity index is 588. The number of piperidine rings is 1. The van der Waals surface area contributed by atoms with Crippen LogP contribution in [-0.2, 0) is 4.79 Å². The summed E-state index contributed by atoms with van der Waals surface area (Å²) in [4.78, 5) is 29.0. The van der Waals surface area contributed by atoms with Crippen molar-refractivity contribution >= 4 is 35.8 Å². The molecule has 1 N–H and O–H groups in total. The summed E-state index contributed by atoms with van der Waals surface area (Å²) in [7, 11) is 0. The molecule has 0 saturated carbocycles. The Labute approximate surface area is 160 Å². The lowest BCUT2D eigenvalue weighted by Crippen LogP contribution is -2.49. The van der Waals surface area contributed by atoms with E-state index in [1.54, 1.807) is 24.3 Å². The van der Waals surface area contributed by atoms with Crippen molar-refractivity contribution in [3.8, 4) is 0 Å².